The molecule has 0 aliphatic heterocycles. The molecule has 1 unspecified atom stereocenters. The first-order valence-electron chi connectivity index (χ1n) is 5.13. The molecule has 0 N–H and O–H groups in total. The predicted octanol–water partition coefficient (Wildman–Crippen LogP) is 7.14. The Morgan fingerprint density at radius 3 is 2.26 bits per heavy atom. The normalized spacial score (nSPS) is 12.5. The number of benzene rings is 2. The largest absolute Gasteiger partial charge is 0.207 e. The van der Waals surface area contributed by atoms with Crippen LogP contribution in [-0.2, 0) is 0 Å². The van der Waals surface area contributed by atoms with Crippen LogP contribution in [0.4, 0.5) is 4.39 Å². The fourth-order valence-corrected chi connectivity index (χ4v) is 3.76. The molecule has 6 heteroatoms. The molecule has 0 aliphatic rings. The van der Waals surface area contributed by atoms with E-state index in [9.17, 15) is 4.39 Å². The van der Waals surface area contributed by atoms with Gasteiger partial charge < -0.3 is 0 Å². The van der Waals surface area contributed by atoms with Crippen LogP contribution in [-0.4, -0.2) is 0 Å². The third-order valence-corrected chi connectivity index (χ3v) is 5.55. The van der Waals surface area contributed by atoms with E-state index in [1.165, 1.54) is 6.07 Å². The van der Waals surface area contributed by atoms with Gasteiger partial charge in [-0.1, -0.05) is 61.1 Å². The van der Waals surface area contributed by atoms with Crippen LogP contribution in [0.15, 0.2) is 39.3 Å². The highest BCUT2D eigenvalue weighted by atomic mass is 79.9. The maximum atomic E-state index is 14.0. The number of hydrogen-bond donors (Lipinski definition) is 0. The second-order valence-electron chi connectivity index (χ2n) is 3.82. The third-order valence-electron chi connectivity index (χ3n) is 2.55. The first kappa shape index (κ1) is 15.8. The second kappa shape index (κ2) is 6.44. The molecule has 19 heavy (non-hydrogen) atoms. The molecule has 1 atom stereocenters. The Bertz CT molecular complexity index is 632. The fourth-order valence-electron chi connectivity index (χ4n) is 1.61. The van der Waals surface area contributed by atoms with Gasteiger partial charge in [0, 0.05) is 19.5 Å². The Balaban J connectivity index is 2.49. The maximum Gasteiger partial charge on any atom is 0.129 e. The van der Waals surface area contributed by atoms with Gasteiger partial charge in [-0.25, -0.2) is 4.39 Å². The molecule has 0 heterocycles. The quantitative estimate of drug-likeness (QED) is 0.309. The average Bonchev–Trinajstić information content (AvgIpc) is 2.33. The molecule has 0 saturated carbocycles. The monoisotopic (exact) mass is 488 g/mol. The number of alkyl halides is 1. The minimum absolute atomic E-state index is 0.350. The van der Waals surface area contributed by atoms with Crippen LogP contribution >= 0.6 is 71.0 Å². The van der Waals surface area contributed by atoms with Crippen molar-refractivity contribution in [2.75, 3.05) is 0 Å². The highest BCUT2D eigenvalue weighted by molar-refractivity contribution is 9.11. The summed E-state index contributed by atoms with van der Waals surface area (Å²) in [6.45, 7) is 0. The SMILES string of the molecule is Fc1cc(Br)c(Cl)cc1C(Br)c1ccc(Br)cc1Cl. The molecular weight excluding hydrogens is 486 g/mol. The van der Waals surface area contributed by atoms with Crippen LogP contribution in [0.2, 0.25) is 10.0 Å². The van der Waals surface area contributed by atoms with E-state index in [1.807, 2.05) is 12.1 Å². The van der Waals surface area contributed by atoms with Crippen molar-refractivity contribution in [2.24, 2.45) is 0 Å². The first-order chi connectivity index (χ1) is 8.90. The lowest BCUT2D eigenvalue weighted by Gasteiger charge is -2.14. The lowest BCUT2D eigenvalue weighted by molar-refractivity contribution is 0.612. The summed E-state index contributed by atoms with van der Waals surface area (Å²) in [5, 5.41) is 1.00. The van der Waals surface area contributed by atoms with Crippen molar-refractivity contribution in [1.82, 2.24) is 0 Å². The summed E-state index contributed by atoms with van der Waals surface area (Å²) in [6.07, 6.45) is 0. The van der Waals surface area contributed by atoms with E-state index in [2.05, 4.69) is 47.8 Å². The molecular formula is C13H6Br3Cl2F. The molecule has 100 valence electrons. The Kier molecular flexibility index (Phi) is 5.34. The Morgan fingerprint density at radius 2 is 1.63 bits per heavy atom. The van der Waals surface area contributed by atoms with E-state index < -0.39 is 0 Å². The highest BCUT2D eigenvalue weighted by Crippen LogP contribution is 2.39. The fraction of sp³-hybridized carbons (Fsp3) is 0.0769. The molecule has 0 aromatic heterocycles. The van der Waals surface area contributed by atoms with Crippen LogP contribution < -0.4 is 0 Å². The topological polar surface area (TPSA) is 0 Å². The molecule has 2 rings (SSSR count). The predicted molar refractivity (Wildman–Crippen MR) is 89.0 cm³/mol. The summed E-state index contributed by atoms with van der Waals surface area (Å²) in [5.74, 6) is -0.350. The molecule has 0 bridgehead atoms. The molecule has 0 amide bonds. The van der Waals surface area contributed by atoms with Gasteiger partial charge in [0.15, 0.2) is 0 Å². The summed E-state index contributed by atoms with van der Waals surface area (Å²) in [4.78, 5) is -0.362. The van der Waals surface area contributed by atoms with Crippen molar-refractivity contribution in [3.8, 4) is 0 Å². The van der Waals surface area contributed by atoms with Crippen LogP contribution in [0.3, 0.4) is 0 Å². The minimum Gasteiger partial charge on any atom is -0.207 e. The Hall–Kier alpha value is 0.390. The van der Waals surface area contributed by atoms with Gasteiger partial charge in [0.1, 0.15) is 5.82 Å². The Labute approximate surface area is 145 Å². The zero-order chi connectivity index (χ0) is 14.2. The second-order valence-corrected chi connectivity index (χ2v) is 7.32. The molecule has 0 nitrogen and oxygen atoms in total. The number of hydrogen-bond acceptors (Lipinski definition) is 0. The summed E-state index contributed by atoms with van der Waals surface area (Å²) in [6, 6.07) is 8.38. The maximum absolute atomic E-state index is 14.0. The first-order valence-corrected chi connectivity index (χ1v) is 8.39. The zero-order valence-corrected chi connectivity index (χ0v) is 15.5. The molecule has 0 aliphatic carbocycles. The van der Waals surface area contributed by atoms with E-state index in [0.29, 0.717) is 20.1 Å². The van der Waals surface area contributed by atoms with Crippen molar-refractivity contribution < 1.29 is 4.39 Å². The van der Waals surface area contributed by atoms with Crippen molar-refractivity contribution >= 4 is 71.0 Å². The molecule has 0 spiro atoms. The number of halogens is 6. The average molecular weight is 492 g/mol. The van der Waals surface area contributed by atoms with Gasteiger partial charge in [-0.05, 0) is 45.8 Å². The van der Waals surface area contributed by atoms with Crippen LogP contribution in [0, 0.1) is 5.82 Å². The minimum atomic E-state index is -0.362. The Morgan fingerprint density at radius 1 is 0.947 bits per heavy atom. The van der Waals surface area contributed by atoms with Crippen LogP contribution in [0.5, 0.6) is 0 Å². The summed E-state index contributed by atoms with van der Waals surface area (Å²) in [7, 11) is 0. The van der Waals surface area contributed by atoms with Crippen LogP contribution in [0.25, 0.3) is 0 Å². The standard InChI is InChI=1S/C13H6Br3Cl2F/c14-6-1-2-7(10(17)3-6)13(16)8-4-11(18)9(15)5-12(8)19/h1-5,13H. The van der Waals surface area contributed by atoms with Gasteiger partial charge in [-0.2, -0.15) is 0 Å². The third kappa shape index (κ3) is 3.53. The van der Waals surface area contributed by atoms with Gasteiger partial charge in [0.2, 0.25) is 0 Å². The summed E-state index contributed by atoms with van der Waals surface area (Å²) >= 11 is 22.2. The van der Waals surface area contributed by atoms with Gasteiger partial charge in [0.05, 0.1) is 9.85 Å². The smallest absolute Gasteiger partial charge is 0.129 e. The molecule has 0 radical (unpaired) electrons. The molecule has 2 aromatic carbocycles. The highest BCUT2D eigenvalue weighted by Gasteiger charge is 2.19. The molecule has 0 saturated heterocycles. The number of rotatable bonds is 2. The van der Waals surface area contributed by atoms with Crippen molar-refractivity contribution in [1.29, 1.82) is 0 Å². The van der Waals surface area contributed by atoms with E-state index in [1.54, 1.807) is 12.1 Å². The lowest BCUT2D eigenvalue weighted by atomic mass is 10.0. The summed E-state index contributed by atoms with van der Waals surface area (Å²) in [5.41, 5.74) is 1.22. The van der Waals surface area contributed by atoms with E-state index in [-0.39, 0.29) is 10.6 Å². The molecule has 0 fully saturated rings. The van der Waals surface area contributed by atoms with Gasteiger partial charge in [-0.15, -0.1) is 0 Å². The van der Waals surface area contributed by atoms with E-state index >= 15 is 0 Å². The van der Waals surface area contributed by atoms with Crippen LogP contribution in [0.1, 0.15) is 16.0 Å². The zero-order valence-electron chi connectivity index (χ0n) is 9.23. The van der Waals surface area contributed by atoms with Gasteiger partial charge in [0.25, 0.3) is 0 Å². The van der Waals surface area contributed by atoms with Gasteiger partial charge in [-0.3, -0.25) is 0 Å². The van der Waals surface area contributed by atoms with E-state index in [4.69, 9.17) is 23.2 Å². The van der Waals surface area contributed by atoms with Crippen molar-refractivity contribution in [2.45, 2.75) is 4.83 Å². The van der Waals surface area contributed by atoms with Crippen molar-refractivity contribution in [3.05, 3.63) is 66.3 Å². The molecule has 2 aromatic rings. The van der Waals surface area contributed by atoms with Crippen molar-refractivity contribution in [3.63, 3.8) is 0 Å². The summed E-state index contributed by atoms with van der Waals surface area (Å²) < 4.78 is 15.4. The lowest BCUT2D eigenvalue weighted by Crippen LogP contribution is -1.98. The van der Waals surface area contributed by atoms with E-state index in [0.717, 1.165) is 10.0 Å². The van der Waals surface area contributed by atoms with Gasteiger partial charge >= 0.3 is 0 Å².